The quantitative estimate of drug-likeness (QED) is 0.312. The molecule has 3 aromatic rings. The molecule has 11 nitrogen and oxygen atoms in total. The number of hydrogen-bond donors (Lipinski definition) is 4. The summed E-state index contributed by atoms with van der Waals surface area (Å²) < 4.78 is 10.3. The average Bonchev–Trinajstić information content (AvgIpc) is 3.10. The molecular weight excluding hydrogens is 463 g/mol. The van der Waals surface area contributed by atoms with Crippen molar-refractivity contribution in [2.75, 3.05) is 12.0 Å². The molecule has 13 heteroatoms. The van der Waals surface area contributed by atoms with E-state index in [2.05, 4.69) is 25.2 Å². The lowest BCUT2D eigenvalue weighted by Gasteiger charge is -2.11. The van der Waals surface area contributed by atoms with Gasteiger partial charge in [-0.1, -0.05) is 23.2 Å². The van der Waals surface area contributed by atoms with Gasteiger partial charge in [0.1, 0.15) is 11.8 Å². The van der Waals surface area contributed by atoms with Crippen LogP contribution in [0, 0.1) is 11.3 Å². The first-order chi connectivity index (χ1) is 15.3. The molecule has 0 atom stereocenters. The van der Waals surface area contributed by atoms with Gasteiger partial charge < -0.3 is 19.4 Å². The van der Waals surface area contributed by atoms with E-state index in [0.717, 1.165) is 0 Å². The number of benzene rings is 2. The van der Waals surface area contributed by atoms with Gasteiger partial charge in [-0.05, 0) is 31.2 Å². The molecule has 0 radical (unpaired) electrons. The third kappa shape index (κ3) is 5.37. The number of carbonyl (C=O) groups excluding carboxylic acids is 2. The highest BCUT2D eigenvalue weighted by molar-refractivity contribution is 6.47. The number of aromatic amines is 2. The van der Waals surface area contributed by atoms with E-state index < -0.39 is 17.7 Å². The van der Waals surface area contributed by atoms with E-state index in [0.29, 0.717) is 16.8 Å². The Morgan fingerprint density at radius 3 is 2.50 bits per heavy atom. The van der Waals surface area contributed by atoms with Crippen LogP contribution in [0.2, 0.25) is 10.0 Å². The molecule has 1 aromatic heterocycles. The van der Waals surface area contributed by atoms with Gasteiger partial charge in [-0.15, -0.1) is 0 Å². The minimum Gasteiger partial charge on any atom is -0.454 e. The van der Waals surface area contributed by atoms with E-state index in [9.17, 15) is 14.4 Å². The van der Waals surface area contributed by atoms with Gasteiger partial charge >= 0.3 is 11.8 Å². The Balaban J connectivity index is 1.76. The summed E-state index contributed by atoms with van der Waals surface area (Å²) in [4.78, 5) is 39.8. The van der Waals surface area contributed by atoms with Gasteiger partial charge in [0.2, 0.25) is 5.71 Å². The largest absolute Gasteiger partial charge is 0.454 e. The molecule has 0 bridgehead atoms. The smallest absolute Gasteiger partial charge is 0.414 e. The number of anilines is 1. The van der Waals surface area contributed by atoms with Crippen molar-refractivity contribution in [3.8, 4) is 17.6 Å². The highest BCUT2D eigenvalue weighted by Gasteiger charge is 2.16. The van der Waals surface area contributed by atoms with Crippen LogP contribution in [0.15, 0.2) is 40.2 Å². The SMILES string of the molecule is CCOC(=O)NC(=O)/C(C#N)=N\Nc1cc(Cl)c(Oc2ccc3[nH]c(=O)[nH]c3c2)c(Cl)c1. The molecule has 32 heavy (non-hydrogen) atoms. The normalized spacial score (nSPS) is 11.0. The van der Waals surface area contributed by atoms with Crippen molar-refractivity contribution in [2.45, 2.75) is 6.92 Å². The molecule has 0 saturated heterocycles. The Hall–Kier alpha value is -4.01. The average molecular weight is 477 g/mol. The fourth-order valence-corrected chi connectivity index (χ4v) is 3.05. The van der Waals surface area contributed by atoms with Crippen molar-refractivity contribution in [1.29, 1.82) is 5.26 Å². The fraction of sp³-hybridized carbons (Fsp3) is 0.105. The van der Waals surface area contributed by atoms with E-state index in [1.165, 1.54) is 12.1 Å². The number of hydrazone groups is 1. The Morgan fingerprint density at radius 1 is 1.16 bits per heavy atom. The van der Waals surface area contributed by atoms with Crippen LogP contribution in [0.25, 0.3) is 11.0 Å². The van der Waals surface area contributed by atoms with Gasteiger partial charge in [0.05, 0.1) is 33.4 Å². The topological polar surface area (TPSA) is 161 Å². The summed E-state index contributed by atoms with van der Waals surface area (Å²) >= 11 is 12.5. The van der Waals surface area contributed by atoms with Gasteiger partial charge in [0.25, 0.3) is 5.91 Å². The minimum atomic E-state index is -1.05. The number of H-pyrrole nitrogens is 2. The summed E-state index contributed by atoms with van der Waals surface area (Å²) in [5, 5.41) is 14.8. The molecule has 164 valence electrons. The lowest BCUT2D eigenvalue weighted by Crippen LogP contribution is -2.36. The highest BCUT2D eigenvalue weighted by Crippen LogP contribution is 2.39. The van der Waals surface area contributed by atoms with E-state index in [-0.39, 0.29) is 33.8 Å². The van der Waals surface area contributed by atoms with E-state index in [1.807, 2.05) is 5.32 Å². The first-order valence-electron chi connectivity index (χ1n) is 8.91. The van der Waals surface area contributed by atoms with Gasteiger partial charge in [-0.3, -0.25) is 15.5 Å². The maximum absolute atomic E-state index is 11.9. The standard InChI is InChI=1S/C19H14Cl2N6O5/c1-2-31-19(30)25-17(28)15(8-22)27-26-9-5-11(20)16(12(21)6-9)32-10-3-4-13-14(7-10)24-18(29)23-13/h3-7,26H,2H2,1H3,(H2,23,24,29)(H,25,28,30)/b27-15-. The van der Waals surface area contributed by atoms with Crippen molar-refractivity contribution in [1.82, 2.24) is 15.3 Å². The van der Waals surface area contributed by atoms with Crippen LogP contribution in [0.3, 0.4) is 0 Å². The Bertz CT molecular complexity index is 1300. The number of ether oxygens (including phenoxy) is 2. The summed E-state index contributed by atoms with van der Waals surface area (Å²) in [7, 11) is 0. The molecule has 3 rings (SSSR count). The van der Waals surface area contributed by atoms with E-state index in [1.54, 1.807) is 31.2 Å². The number of rotatable bonds is 6. The molecule has 0 saturated carbocycles. The predicted molar refractivity (Wildman–Crippen MR) is 117 cm³/mol. The number of fused-ring (bicyclic) bond motifs is 1. The second-order valence-corrected chi connectivity index (χ2v) is 6.83. The number of hydrogen-bond acceptors (Lipinski definition) is 8. The number of carbonyl (C=O) groups is 2. The lowest BCUT2D eigenvalue weighted by atomic mass is 10.3. The van der Waals surface area contributed by atoms with E-state index >= 15 is 0 Å². The van der Waals surface area contributed by atoms with Crippen LogP contribution in [0.1, 0.15) is 6.92 Å². The fourth-order valence-electron chi connectivity index (χ4n) is 2.48. The number of amides is 2. The Labute approximate surface area is 189 Å². The molecule has 2 amide bonds. The molecule has 1 heterocycles. The molecule has 0 spiro atoms. The van der Waals surface area contributed by atoms with Crippen molar-refractivity contribution >= 4 is 57.6 Å². The zero-order valence-corrected chi connectivity index (χ0v) is 17.8. The molecule has 2 aromatic carbocycles. The molecule has 0 fully saturated rings. The number of nitrogens with one attached hydrogen (secondary N) is 4. The lowest BCUT2D eigenvalue weighted by molar-refractivity contribution is -0.114. The van der Waals surface area contributed by atoms with Gasteiger partial charge in [-0.2, -0.15) is 10.4 Å². The third-order valence-corrected chi connectivity index (χ3v) is 4.38. The number of aromatic nitrogens is 2. The zero-order valence-electron chi connectivity index (χ0n) is 16.3. The third-order valence-electron chi connectivity index (χ3n) is 3.81. The maximum Gasteiger partial charge on any atom is 0.414 e. The van der Waals surface area contributed by atoms with Crippen LogP contribution >= 0.6 is 23.2 Å². The summed E-state index contributed by atoms with van der Waals surface area (Å²) in [6, 6.07) is 9.24. The van der Waals surface area contributed by atoms with Crippen molar-refractivity contribution in [3.05, 3.63) is 50.9 Å². The highest BCUT2D eigenvalue weighted by atomic mass is 35.5. The zero-order chi connectivity index (χ0) is 23.3. The summed E-state index contributed by atoms with van der Waals surface area (Å²) in [6.07, 6.45) is -1.00. The molecule has 0 aliphatic carbocycles. The van der Waals surface area contributed by atoms with Gasteiger partial charge in [0.15, 0.2) is 5.75 Å². The molecule has 4 N–H and O–H groups in total. The first-order valence-corrected chi connectivity index (χ1v) is 9.67. The Morgan fingerprint density at radius 2 is 1.84 bits per heavy atom. The first kappa shape index (κ1) is 22.7. The number of nitriles is 1. The number of alkyl carbamates (subject to hydrolysis) is 1. The maximum atomic E-state index is 11.9. The summed E-state index contributed by atoms with van der Waals surface area (Å²) in [5.74, 6) is -0.535. The Kier molecular flexibility index (Phi) is 6.99. The predicted octanol–water partition coefficient (Wildman–Crippen LogP) is 3.52. The van der Waals surface area contributed by atoms with Crippen molar-refractivity contribution in [2.24, 2.45) is 5.10 Å². The van der Waals surface area contributed by atoms with Crippen molar-refractivity contribution < 1.29 is 19.1 Å². The van der Waals surface area contributed by atoms with Crippen LogP contribution in [0.4, 0.5) is 10.5 Å². The van der Waals surface area contributed by atoms with Gasteiger partial charge in [0, 0.05) is 6.07 Å². The monoisotopic (exact) mass is 476 g/mol. The molecular formula is C19H14Cl2N6O5. The van der Waals surface area contributed by atoms with Gasteiger partial charge in [-0.25, -0.2) is 9.59 Å². The number of nitrogens with zero attached hydrogens (tertiary/aromatic N) is 2. The molecule has 0 aliphatic heterocycles. The van der Waals surface area contributed by atoms with E-state index in [4.69, 9.17) is 33.2 Å². The van der Waals surface area contributed by atoms with Crippen molar-refractivity contribution in [3.63, 3.8) is 0 Å². The molecule has 0 aliphatic rings. The van der Waals surface area contributed by atoms with Crippen LogP contribution in [-0.2, 0) is 9.53 Å². The molecule has 0 unspecified atom stereocenters. The minimum absolute atomic E-state index is 0.0544. The van der Waals surface area contributed by atoms with Crippen LogP contribution in [-0.4, -0.2) is 34.3 Å². The van der Waals surface area contributed by atoms with Crippen LogP contribution in [0.5, 0.6) is 11.5 Å². The summed E-state index contributed by atoms with van der Waals surface area (Å²) in [6.45, 7) is 1.62. The second-order valence-electron chi connectivity index (χ2n) is 6.02. The number of imide groups is 1. The van der Waals surface area contributed by atoms with Crippen LogP contribution < -0.4 is 21.2 Å². The number of imidazole rings is 1. The number of halogens is 2. The summed E-state index contributed by atoms with van der Waals surface area (Å²) in [5.41, 5.74) is 2.88. The second kappa shape index (κ2) is 9.86.